The Morgan fingerprint density at radius 3 is 2.58 bits per heavy atom. The van der Waals surface area contributed by atoms with Gasteiger partial charge in [-0.15, -0.1) is 0 Å². The van der Waals surface area contributed by atoms with Gasteiger partial charge in [-0.3, -0.25) is 0 Å². The van der Waals surface area contributed by atoms with E-state index in [1.54, 1.807) is 0 Å². The quantitative estimate of drug-likeness (QED) is 0.835. The normalized spacial score (nSPS) is 11.2. The zero-order valence-corrected chi connectivity index (χ0v) is 12.5. The van der Waals surface area contributed by atoms with Gasteiger partial charge in [0, 0.05) is 11.9 Å². The van der Waals surface area contributed by atoms with Gasteiger partial charge in [0.25, 0.3) is 0 Å². The number of pyridine rings is 1. The van der Waals surface area contributed by atoms with Crippen LogP contribution in [0, 0.1) is 0 Å². The van der Waals surface area contributed by atoms with E-state index in [4.69, 9.17) is 4.98 Å². The third kappa shape index (κ3) is 3.06. The van der Waals surface area contributed by atoms with E-state index in [-0.39, 0.29) is 0 Å². The maximum absolute atomic E-state index is 4.77. The Morgan fingerprint density at radius 2 is 1.95 bits per heavy atom. The molecule has 0 bridgehead atoms. The predicted octanol–water partition coefficient (Wildman–Crippen LogP) is 4.74. The van der Waals surface area contributed by atoms with Crippen LogP contribution in [0.5, 0.6) is 0 Å². The lowest BCUT2D eigenvalue weighted by molar-refractivity contribution is 0.868. The number of fused-ring (bicyclic) bond motifs is 1. The largest absolute Gasteiger partial charge is 0.370 e. The Labute approximate surface area is 116 Å². The fourth-order valence-corrected chi connectivity index (χ4v) is 2.38. The molecular formula is C17H24N2. The number of benzene rings is 1. The molecule has 1 N–H and O–H groups in total. The van der Waals surface area contributed by atoms with Crippen LogP contribution >= 0.6 is 0 Å². The summed E-state index contributed by atoms with van der Waals surface area (Å²) in [6.07, 6.45) is 2.23. The third-order valence-corrected chi connectivity index (χ3v) is 3.45. The first kappa shape index (κ1) is 13.9. The molecule has 0 saturated heterocycles. The highest BCUT2D eigenvalue weighted by atomic mass is 15.0. The Kier molecular flexibility index (Phi) is 4.41. The van der Waals surface area contributed by atoms with Crippen molar-refractivity contribution in [3.8, 4) is 0 Å². The summed E-state index contributed by atoms with van der Waals surface area (Å²) in [4.78, 5) is 4.77. The van der Waals surface area contributed by atoms with Gasteiger partial charge in [-0.25, -0.2) is 4.98 Å². The molecule has 1 aromatic heterocycles. The topological polar surface area (TPSA) is 24.9 Å². The molecule has 1 heterocycles. The van der Waals surface area contributed by atoms with Gasteiger partial charge in [0.1, 0.15) is 5.82 Å². The van der Waals surface area contributed by atoms with Crippen LogP contribution in [0.3, 0.4) is 0 Å². The van der Waals surface area contributed by atoms with Crippen LogP contribution in [-0.2, 0) is 6.42 Å². The molecule has 0 saturated carbocycles. The third-order valence-electron chi connectivity index (χ3n) is 3.45. The summed E-state index contributed by atoms with van der Waals surface area (Å²) in [7, 11) is 0. The molecule has 102 valence electrons. The first-order valence-electron chi connectivity index (χ1n) is 7.33. The second-order valence-electron chi connectivity index (χ2n) is 5.38. The number of nitrogens with zero attached hydrogens (tertiary/aromatic N) is 1. The maximum Gasteiger partial charge on any atom is 0.129 e. The summed E-state index contributed by atoms with van der Waals surface area (Å²) < 4.78 is 0. The zero-order valence-electron chi connectivity index (χ0n) is 12.5. The molecule has 0 amide bonds. The predicted molar refractivity (Wildman–Crippen MR) is 84.0 cm³/mol. The van der Waals surface area contributed by atoms with E-state index in [1.807, 2.05) is 0 Å². The number of anilines is 1. The van der Waals surface area contributed by atoms with Crippen LogP contribution in [0.2, 0.25) is 0 Å². The Bertz CT molecular complexity index is 558. The SMILES string of the molecule is CCCc1cc2cc(C(C)C)ccc2nc1NCC. The fraction of sp³-hybridized carbons (Fsp3) is 0.471. The van der Waals surface area contributed by atoms with E-state index in [0.717, 1.165) is 30.7 Å². The average Bonchev–Trinajstić information content (AvgIpc) is 2.39. The van der Waals surface area contributed by atoms with E-state index < -0.39 is 0 Å². The first-order chi connectivity index (χ1) is 9.15. The van der Waals surface area contributed by atoms with Gasteiger partial charge in [-0.1, -0.05) is 33.3 Å². The van der Waals surface area contributed by atoms with Gasteiger partial charge in [-0.2, -0.15) is 0 Å². The molecule has 0 spiro atoms. The van der Waals surface area contributed by atoms with Crippen LogP contribution in [0.4, 0.5) is 5.82 Å². The Balaban J connectivity index is 2.53. The van der Waals surface area contributed by atoms with E-state index in [0.29, 0.717) is 5.92 Å². The van der Waals surface area contributed by atoms with E-state index in [9.17, 15) is 0 Å². The van der Waals surface area contributed by atoms with Gasteiger partial charge in [-0.05, 0) is 48.6 Å². The molecule has 0 aliphatic heterocycles. The molecule has 0 radical (unpaired) electrons. The van der Waals surface area contributed by atoms with Gasteiger partial charge in [0.2, 0.25) is 0 Å². The second-order valence-corrected chi connectivity index (χ2v) is 5.38. The Hall–Kier alpha value is -1.57. The molecule has 2 aromatic rings. The minimum absolute atomic E-state index is 0.562. The lowest BCUT2D eigenvalue weighted by Crippen LogP contribution is -2.04. The number of hydrogen-bond donors (Lipinski definition) is 1. The monoisotopic (exact) mass is 256 g/mol. The fourth-order valence-electron chi connectivity index (χ4n) is 2.38. The highest BCUT2D eigenvalue weighted by Crippen LogP contribution is 2.25. The van der Waals surface area contributed by atoms with Crippen molar-refractivity contribution in [1.82, 2.24) is 4.98 Å². The molecule has 0 aliphatic rings. The first-order valence-corrected chi connectivity index (χ1v) is 7.33. The summed E-state index contributed by atoms with van der Waals surface area (Å²) >= 11 is 0. The number of nitrogens with one attached hydrogen (secondary N) is 1. The summed E-state index contributed by atoms with van der Waals surface area (Å²) in [6.45, 7) is 9.70. The van der Waals surface area contributed by atoms with Crippen molar-refractivity contribution in [2.24, 2.45) is 0 Å². The molecule has 2 rings (SSSR count). The summed E-state index contributed by atoms with van der Waals surface area (Å²) in [5.41, 5.74) is 3.80. The highest BCUT2D eigenvalue weighted by Gasteiger charge is 2.07. The summed E-state index contributed by atoms with van der Waals surface area (Å²) in [5, 5.41) is 4.64. The average molecular weight is 256 g/mol. The zero-order chi connectivity index (χ0) is 13.8. The molecule has 0 atom stereocenters. The highest BCUT2D eigenvalue weighted by molar-refractivity contribution is 5.82. The molecule has 2 nitrogen and oxygen atoms in total. The van der Waals surface area contributed by atoms with Gasteiger partial charge in [0.05, 0.1) is 5.52 Å². The van der Waals surface area contributed by atoms with E-state index in [1.165, 1.54) is 16.5 Å². The molecule has 0 fully saturated rings. The molecule has 19 heavy (non-hydrogen) atoms. The second kappa shape index (κ2) is 6.05. The van der Waals surface area contributed by atoms with Crippen molar-refractivity contribution in [1.29, 1.82) is 0 Å². The summed E-state index contributed by atoms with van der Waals surface area (Å²) in [5.74, 6) is 1.61. The lowest BCUT2D eigenvalue weighted by atomic mass is 9.99. The van der Waals surface area contributed by atoms with Crippen molar-refractivity contribution in [3.05, 3.63) is 35.4 Å². The van der Waals surface area contributed by atoms with Gasteiger partial charge >= 0.3 is 0 Å². The maximum atomic E-state index is 4.77. The van der Waals surface area contributed by atoms with Crippen molar-refractivity contribution in [2.45, 2.75) is 46.5 Å². The lowest BCUT2D eigenvalue weighted by Gasteiger charge is -2.12. The number of aromatic nitrogens is 1. The van der Waals surface area contributed by atoms with E-state index in [2.05, 4.69) is 57.3 Å². The minimum atomic E-state index is 0.562. The number of aryl methyl sites for hydroxylation is 1. The van der Waals surface area contributed by atoms with Crippen LogP contribution in [0.25, 0.3) is 10.9 Å². The van der Waals surface area contributed by atoms with Crippen LogP contribution in [0.1, 0.15) is 51.2 Å². The number of rotatable bonds is 5. The van der Waals surface area contributed by atoms with Crippen LogP contribution in [0.15, 0.2) is 24.3 Å². The van der Waals surface area contributed by atoms with Crippen molar-refractivity contribution >= 4 is 16.7 Å². The van der Waals surface area contributed by atoms with Crippen LogP contribution < -0.4 is 5.32 Å². The molecule has 0 unspecified atom stereocenters. The molecular weight excluding hydrogens is 232 g/mol. The molecule has 2 heteroatoms. The van der Waals surface area contributed by atoms with Crippen LogP contribution in [-0.4, -0.2) is 11.5 Å². The minimum Gasteiger partial charge on any atom is -0.370 e. The molecule has 0 aliphatic carbocycles. The summed E-state index contributed by atoms with van der Waals surface area (Å²) in [6, 6.07) is 8.91. The van der Waals surface area contributed by atoms with Crippen molar-refractivity contribution in [3.63, 3.8) is 0 Å². The smallest absolute Gasteiger partial charge is 0.129 e. The van der Waals surface area contributed by atoms with Gasteiger partial charge in [0.15, 0.2) is 0 Å². The molecule has 1 aromatic carbocycles. The van der Waals surface area contributed by atoms with E-state index >= 15 is 0 Å². The van der Waals surface area contributed by atoms with Gasteiger partial charge < -0.3 is 5.32 Å². The van der Waals surface area contributed by atoms with Crippen molar-refractivity contribution < 1.29 is 0 Å². The number of hydrogen-bond acceptors (Lipinski definition) is 2. The van der Waals surface area contributed by atoms with Crippen molar-refractivity contribution in [2.75, 3.05) is 11.9 Å². The Morgan fingerprint density at radius 1 is 1.16 bits per heavy atom. The standard InChI is InChI=1S/C17H24N2/c1-5-7-14-11-15-10-13(12(3)4)8-9-16(15)19-17(14)18-6-2/h8-12H,5-7H2,1-4H3,(H,18,19).